The number of nitrogens with one attached hydrogen (secondary N) is 1. The third-order valence-corrected chi connectivity index (χ3v) is 6.26. The van der Waals surface area contributed by atoms with E-state index in [0.717, 1.165) is 49.0 Å². The van der Waals surface area contributed by atoms with Gasteiger partial charge in [-0.25, -0.2) is 4.98 Å². The van der Waals surface area contributed by atoms with Gasteiger partial charge >= 0.3 is 0 Å². The lowest BCUT2D eigenvalue weighted by Gasteiger charge is -2.32. The number of aryl methyl sites for hydroxylation is 1. The van der Waals surface area contributed by atoms with Gasteiger partial charge in [0.25, 0.3) is 5.91 Å². The van der Waals surface area contributed by atoms with E-state index in [0.29, 0.717) is 11.3 Å². The van der Waals surface area contributed by atoms with Gasteiger partial charge in [-0.3, -0.25) is 9.69 Å². The second kappa shape index (κ2) is 9.91. The van der Waals surface area contributed by atoms with Gasteiger partial charge < -0.3 is 9.84 Å². The highest BCUT2D eigenvalue weighted by Crippen LogP contribution is 2.24. The fourth-order valence-electron chi connectivity index (χ4n) is 3.65. The minimum atomic E-state index is -0.0524. The second-order valence-electron chi connectivity index (χ2n) is 7.58. The maximum Gasteiger partial charge on any atom is 0.254 e. The Balaban J connectivity index is 1.30. The van der Waals surface area contributed by atoms with E-state index in [9.17, 15) is 4.79 Å². The number of amides is 1. The second-order valence-corrected chi connectivity index (χ2v) is 8.55. The molecule has 1 fully saturated rings. The van der Waals surface area contributed by atoms with Crippen molar-refractivity contribution in [3.05, 3.63) is 77.3 Å². The van der Waals surface area contributed by atoms with Gasteiger partial charge in [-0.2, -0.15) is 0 Å². The van der Waals surface area contributed by atoms with Crippen LogP contribution in [0.25, 0.3) is 0 Å². The first-order valence-electron chi connectivity index (χ1n) is 10.2. The molecule has 0 bridgehead atoms. The van der Waals surface area contributed by atoms with Crippen molar-refractivity contribution in [2.75, 3.05) is 13.1 Å². The topological polar surface area (TPSA) is 71.3 Å². The number of nitrogens with zero attached hydrogens (tertiary/aromatic N) is 3. The smallest absolute Gasteiger partial charge is 0.254 e. The number of aromatic nitrogens is 2. The molecule has 6 nitrogen and oxygen atoms in total. The first kappa shape index (κ1) is 20.6. The number of thioether (sulfide) groups is 1. The molecule has 0 aliphatic carbocycles. The highest BCUT2D eigenvalue weighted by Gasteiger charge is 2.22. The van der Waals surface area contributed by atoms with Crippen LogP contribution >= 0.6 is 11.8 Å². The van der Waals surface area contributed by atoms with Crippen LogP contribution in [0.15, 0.2) is 64.3 Å². The summed E-state index contributed by atoms with van der Waals surface area (Å²) in [7, 11) is 0. The summed E-state index contributed by atoms with van der Waals surface area (Å²) < 4.78 is 5.11. The van der Waals surface area contributed by atoms with Gasteiger partial charge in [-0.1, -0.05) is 47.3 Å². The number of hydrogen-bond donors (Lipinski definition) is 1. The van der Waals surface area contributed by atoms with Crippen molar-refractivity contribution in [2.24, 2.45) is 0 Å². The van der Waals surface area contributed by atoms with Gasteiger partial charge in [0.05, 0.1) is 11.3 Å². The van der Waals surface area contributed by atoms with Crippen LogP contribution in [0.3, 0.4) is 0 Å². The number of carbonyl (C=O) groups excluding carboxylic acids is 1. The lowest BCUT2D eigenvalue weighted by molar-refractivity contribution is 0.0905. The average molecular weight is 423 g/mol. The molecular weight excluding hydrogens is 396 g/mol. The maximum absolute atomic E-state index is 12.9. The molecule has 4 rings (SSSR count). The van der Waals surface area contributed by atoms with Crippen LogP contribution in [0, 0.1) is 6.92 Å². The van der Waals surface area contributed by atoms with Crippen LogP contribution in [-0.4, -0.2) is 40.1 Å². The molecule has 2 aromatic heterocycles. The number of carbonyl (C=O) groups is 1. The van der Waals surface area contributed by atoms with Crippen LogP contribution in [0.4, 0.5) is 0 Å². The third kappa shape index (κ3) is 5.49. The zero-order valence-corrected chi connectivity index (χ0v) is 17.9. The van der Waals surface area contributed by atoms with Gasteiger partial charge in [-0.05, 0) is 37.5 Å². The Kier molecular flexibility index (Phi) is 6.81. The van der Waals surface area contributed by atoms with Gasteiger partial charge in [0.2, 0.25) is 0 Å². The number of pyridine rings is 1. The summed E-state index contributed by atoms with van der Waals surface area (Å²) >= 11 is 1.50. The Hall–Kier alpha value is -2.64. The fourth-order valence-corrected chi connectivity index (χ4v) is 4.52. The van der Waals surface area contributed by atoms with Crippen molar-refractivity contribution in [1.29, 1.82) is 0 Å². The number of hydrogen-bond acceptors (Lipinski definition) is 6. The monoisotopic (exact) mass is 422 g/mol. The number of piperidine rings is 1. The predicted octanol–water partition coefficient (Wildman–Crippen LogP) is 4.06. The molecule has 1 aromatic carbocycles. The van der Waals surface area contributed by atoms with Crippen molar-refractivity contribution >= 4 is 17.7 Å². The van der Waals surface area contributed by atoms with Crippen molar-refractivity contribution in [2.45, 2.75) is 43.1 Å². The fraction of sp³-hybridized carbons (Fsp3) is 0.348. The van der Waals surface area contributed by atoms with Crippen molar-refractivity contribution in [3.63, 3.8) is 0 Å². The van der Waals surface area contributed by atoms with Gasteiger partial charge in [0.1, 0.15) is 10.8 Å². The van der Waals surface area contributed by atoms with E-state index in [-0.39, 0.29) is 11.9 Å². The van der Waals surface area contributed by atoms with Gasteiger partial charge in [0.15, 0.2) is 0 Å². The molecular formula is C23H26N4O2S. The molecule has 0 unspecified atom stereocenters. The van der Waals surface area contributed by atoms with E-state index < -0.39 is 0 Å². The van der Waals surface area contributed by atoms with Crippen LogP contribution < -0.4 is 5.32 Å². The van der Waals surface area contributed by atoms with E-state index in [4.69, 9.17) is 4.52 Å². The largest absolute Gasteiger partial charge is 0.361 e. The molecule has 1 amide bonds. The first-order valence-corrected chi connectivity index (χ1v) is 11.2. The molecule has 156 valence electrons. The highest BCUT2D eigenvalue weighted by atomic mass is 32.2. The average Bonchev–Trinajstić information content (AvgIpc) is 3.20. The third-order valence-electron chi connectivity index (χ3n) is 5.22. The molecule has 3 aromatic rings. The number of benzene rings is 1. The molecule has 7 heteroatoms. The minimum absolute atomic E-state index is 0.0524. The quantitative estimate of drug-likeness (QED) is 0.579. The van der Waals surface area contributed by atoms with Gasteiger partial charge in [0, 0.05) is 43.7 Å². The molecule has 1 aliphatic heterocycles. The molecule has 0 saturated carbocycles. The zero-order chi connectivity index (χ0) is 20.8. The minimum Gasteiger partial charge on any atom is -0.361 e. The summed E-state index contributed by atoms with van der Waals surface area (Å²) in [5.41, 5.74) is 2.80. The molecule has 0 atom stereocenters. The van der Waals surface area contributed by atoms with E-state index in [1.54, 1.807) is 6.20 Å². The summed E-state index contributed by atoms with van der Waals surface area (Å²) in [6, 6.07) is 16.3. The number of likely N-dealkylation sites (tertiary alicyclic amines) is 1. The molecule has 30 heavy (non-hydrogen) atoms. The lowest BCUT2D eigenvalue weighted by Crippen LogP contribution is -2.44. The van der Waals surface area contributed by atoms with Crippen LogP contribution in [0.2, 0.25) is 0 Å². The standard InChI is InChI=1S/C23H26N4O2S/c1-17-14-20(26-29-17)16-30-23-21(8-5-11-24-23)22(28)25-19-9-12-27(13-10-19)15-18-6-3-2-4-7-18/h2-8,11,14,19H,9-10,12-13,15-16H2,1H3,(H,25,28). The summed E-state index contributed by atoms with van der Waals surface area (Å²) in [6.45, 7) is 4.80. The highest BCUT2D eigenvalue weighted by molar-refractivity contribution is 7.98. The van der Waals surface area contributed by atoms with Crippen molar-refractivity contribution in [3.8, 4) is 0 Å². The van der Waals surface area contributed by atoms with E-state index >= 15 is 0 Å². The summed E-state index contributed by atoms with van der Waals surface area (Å²) in [4.78, 5) is 19.8. The lowest BCUT2D eigenvalue weighted by atomic mass is 10.0. The summed E-state index contributed by atoms with van der Waals surface area (Å²) in [5.74, 6) is 1.35. The Morgan fingerprint density at radius 3 is 2.73 bits per heavy atom. The normalized spacial score (nSPS) is 15.2. The number of rotatable bonds is 7. The molecule has 3 heterocycles. The van der Waals surface area contributed by atoms with Crippen LogP contribution in [0.5, 0.6) is 0 Å². The molecule has 1 saturated heterocycles. The summed E-state index contributed by atoms with van der Waals surface area (Å²) in [6.07, 6.45) is 3.63. The van der Waals surface area contributed by atoms with E-state index in [1.807, 2.05) is 31.2 Å². The Labute approximate surface area is 181 Å². The van der Waals surface area contributed by atoms with E-state index in [2.05, 4.69) is 44.6 Å². The predicted molar refractivity (Wildman–Crippen MR) is 117 cm³/mol. The Morgan fingerprint density at radius 1 is 1.20 bits per heavy atom. The zero-order valence-electron chi connectivity index (χ0n) is 17.1. The van der Waals surface area contributed by atoms with Crippen molar-refractivity contribution in [1.82, 2.24) is 20.4 Å². The van der Waals surface area contributed by atoms with Crippen molar-refractivity contribution < 1.29 is 9.32 Å². The molecule has 0 spiro atoms. The molecule has 1 N–H and O–H groups in total. The van der Waals surface area contributed by atoms with Crippen LogP contribution in [0.1, 0.15) is 40.2 Å². The Bertz CT molecular complexity index is 968. The molecule has 0 radical (unpaired) electrons. The first-order chi connectivity index (χ1) is 14.7. The van der Waals surface area contributed by atoms with Crippen LogP contribution in [-0.2, 0) is 12.3 Å². The van der Waals surface area contributed by atoms with Gasteiger partial charge in [-0.15, -0.1) is 0 Å². The summed E-state index contributed by atoms with van der Waals surface area (Å²) in [5, 5.41) is 7.94. The maximum atomic E-state index is 12.9. The van der Waals surface area contributed by atoms with E-state index in [1.165, 1.54) is 17.3 Å². The Morgan fingerprint density at radius 2 is 2.00 bits per heavy atom. The SMILES string of the molecule is Cc1cc(CSc2ncccc2C(=O)NC2CCN(Cc3ccccc3)CC2)no1. The molecule has 1 aliphatic rings.